The first-order chi connectivity index (χ1) is 23.8. The predicted molar refractivity (Wildman–Crippen MR) is 159 cm³/mol. The van der Waals surface area contributed by atoms with Crippen molar-refractivity contribution < 1.29 is 45.6 Å². The van der Waals surface area contributed by atoms with E-state index in [1.54, 1.807) is 6.07 Å². The van der Waals surface area contributed by atoms with Crippen LogP contribution in [0.1, 0.15) is 32.3 Å². The van der Waals surface area contributed by atoms with Gasteiger partial charge in [-0.05, 0) is 55.3 Å². The number of halogens is 3. The Morgan fingerprint density at radius 1 is 1.13 bits per heavy atom. The summed E-state index contributed by atoms with van der Waals surface area (Å²) in [5, 5.41) is 13.9. The molecule has 14 heteroatoms. The van der Waals surface area contributed by atoms with Gasteiger partial charge in [0.1, 0.15) is 41.5 Å². The van der Waals surface area contributed by atoms with E-state index in [2.05, 4.69) is 10.3 Å². The topological polar surface area (TPSA) is 146 Å². The van der Waals surface area contributed by atoms with Crippen molar-refractivity contribution in [3.63, 3.8) is 0 Å². The van der Waals surface area contributed by atoms with Crippen molar-refractivity contribution in [2.24, 2.45) is 0 Å². The minimum absolute atomic E-state index is 0.0244. The summed E-state index contributed by atoms with van der Waals surface area (Å²) in [6.45, 7) is -6.97. The number of aromatic nitrogens is 2. The van der Waals surface area contributed by atoms with Crippen molar-refractivity contribution in [3.05, 3.63) is 106 Å². The molecule has 0 saturated heterocycles. The molecule has 11 nitrogen and oxygen atoms in total. The lowest BCUT2D eigenvalue weighted by Crippen LogP contribution is -2.44. The number of amides is 3. The van der Waals surface area contributed by atoms with Crippen LogP contribution in [-0.4, -0.2) is 57.5 Å². The number of carbonyl (C=O) groups is 3. The Kier molecular flexibility index (Phi) is 7.90. The second-order valence-electron chi connectivity index (χ2n) is 9.69. The summed E-state index contributed by atoms with van der Waals surface area (Å²) in [6.07, 6.45) is 1.13. The van der Waals surface area contributed by atoms with Crippen molar-refractivity contribution in [1.82, 2.24) is 19.8 Å². The minimum Gasteiger partial charge on any atom is -0.486 e. The Bertz CT molecular complexity index is 2020. The first-order valence-corrected chi connectivity index (χ1v) is 13.2. The number of pyridine rings is 1. The quantitative estimate of drug-likeness (QED) is 0.171. The average Bonchev–Trinajstić information content (AvgIpc) is 3.40. The van der Waals surface area contributed by atoms with E-state index < -0.39 is 60.9 Å². The lowest BCUT2D eigenvalue weighted by atomic mass is 10.1. The van der Waals surface area contributed by atoms with Crippen molar-refractivity contribution in [3.8, 4) is 5.75 Å². The second-order valence-corrected chi connectivity index (χ2v) is 9.69. The zero-order valence-electron chi connectivity index (χ0n) is 29.3. The van der Waals surface area contributed by atoms with Crippen LogP contribution in [0.15, 0.2) is 71.7 Å². The lowest BCUT2D eigenvalue weighted by molar-refractivity contribution is -0.123. The van der Waals surface area contributed by atoms with Crippen LogP contribution in [0.5, 0.6) is 5.75 Å². The number of carbonyl (C=O) groups excluding carboxylic acids is 2. The van der Waals surface area contributed by atoms with E-state index >= 15 is 0 Å². The maximum absolute atomic E-state index is 14.4. The van der Waals surface area contributed by atoms with E-state index in [-0.39, 0.29) is 47.9 Å². The molecular formula is C31H30F3N5O6. The summed E-state index contributed by atoms with van der Waals surface area (Å²) in [5.41, 5.74) is -0.167. The number of carboxylic acid groups (broad SMARTS) is 1. The molecule has 3 amide bonds. The third-order valence-electron chi connectivity index (χ3n) is 6.45. The third kappa shape index (κ3) is 8.53. The van der Waals surface area contributed by atoms with Crippen LogP contribution in [0.4, 0.5) is 23.7 Å². The van der Waals surface area contributed by atoms with Crippen LogP contribution in [0.3, 0.4) is 0 Å². The van der Waals surface area contributed by atoms with Gasteiger partial charge in [0.05, 0.1) is 12.1 Å². The van der Waals surface area contributed by atoms with Gasteiger partial charge in [0.2, 0.25) is 11.8 Å². The predicted octanol–water partition coefficient (Wildman–Crippen LogP) is 4.37. The van der Waals surface area contributed by atoms with Gasteiger partial charge in [-0.1, -0.05) is 6.08 Å². The molecule has 4 N–H and O–H groups in total. The number of ether oxygens (including phenoxy) is 1. The van der Waals surface area contributed by atoms with Gasteiger partial charge in [0.15, 0.2) is 0 Å². The molecule has 0 aliphatic rings. The summed E-state index contributed by atoms with van der Waals surface area (Å²) in [6, 6.07) is 8.01. The average molecular weight is 632 g/mol. The maximum atomic E-state index is 14.4. The molecule has 1 unspecified atom stereocenters. The number of fused-ring (bicyclic) bond motifs is 1. The number of hydrogen-bond acceptors (Lipinski definition) is 5. The molecule has 0 saturated carbocycles. The van der Waals surface area contributed by atoms with E-state index in [0.717, 1.165) is 18.2 Å². The first kappa shape index (κ1) is 24.9. The summed E-state index contributed by atoms with van der Waals surface area (Å²) < 4.78 is 92.4. The second kappa shape index (κ2) is 14.3. The number of nitrogens with zero attached hydrogens (tertiary/aromatic N) is 2. The molecular weight excluding hydrogens is 595 g/mol. The highest BCUT2D eigenvalue weighted by atomic mass is 19.1. The third-order valence-corrected chi connectivity index (χ3v) is 6.45. The Balaban J connectivity index is 1.46. The molecule has 2 aromatic heterocycles. The Hall–Kier alpha value is -5.53. The van der Waals surface area contributed by atoms with Gasteiger partial charge in [-0.3, -0.25) is 14.4 Å². The van der Waals surface area contributed by atoms with Gasteiger partial charge < -0.3 is 34.9 Å². The van der Waals surface area contributed by atoms with Crippen LogP contribution < -0.4 is 20.9 Å². The summed E-state index contributed by atoms with van der Waals surface area (Å²) in [4.78, 5) is 52.7. The highest BCUT2D eigenvalue weighted by Gasteiger charge is 2.21. The fourth-order valence-corrected chi connectivity index (χ4v) is 4.33. The SMILES string of the molecule is [2H]C([2H])([2H])N(C(=O)/C=C/CCC(NC(=O)O)C(=O)Nc1cccn(Cc2cc3cc(F)cc(OCc4ccc(F)cc4F)c3[nH]2)c1=O)C([2H])([2H])[2H]. The Labute approximate surface area is 263 Å². The molecule has 2 aromatic carbocycles. The van der Waals surface area contributed by atoms with Crippen LogP contribution in [0, 0.1) is 17.5 Å². The van der Waals surface area contributed by atoms with Gasteiger partial charge in [-0.25, -0.2) is 18.0 Å². The van der Waals surface area contributed by atoms with Crippen LogP contribution >= 0.6 is 0 Å². The molecule has 0 fully saturated rings. The van der Waals surface area contributed by atoms with Gasteiger partial charge in [0.25, 0.3) is 5.56 Å². The van der Waals surface area contributed by atoms with E-state index in [1.165, 1.54) is 35.0 Å². The number of aromatic amines is 1. The Morgan fingerprint density at radius 3 is 2.67 bits per heavy atom. The monoisotopic (exact) mass is 631 g/mol. The van der Waals surface area contributed by atoms with E-state index in [4.69, 9.17) is 13.0 Å². The van der Waals surface area contributed by atoms with Crippen molar-refractivity contribution >= 4 is 34.5 Å². The van der Waals surface area contributed by atoms with Crippen molar-refractivity contribution in [1.29, 1.82) is 0 Å². The van der Waals surface area contributed by atoms with Crippen LogP contribution in [-0.2, 0) is 22.7 Å². The molecule has 1 atom stereocenters. The molecule has 0 spiro atoms. The van der Waals surface area contributed by atoms with Gasteiger partial charge >= 0.3 is 6.09 Å². The number of allylic oxidation sites excluding steroid dienone is 1. The molecule has 0 aliphatic carbocycles. The zero-order valence-corrected chi connectivity index (χ0v) is 23.3. The maximum Gasteiger partial charge on any atom is 0.405 e. The van der Waals surface area contributed by atoms with Crippen molar-refractivity contribution in [2.45, 2.75) is 32.0 Å². The number of nitrogens with one attached hydrogen (secondary N) is 3. The van der Waals surface area contributed by atoms with Crippen molar-refractivity contribution in [2.75, 3.05) is 19.3 Å². The van der Waals surface area contributed by atoms with E-state index in [0.29, 0.717) is 28.7 Å². The number of hydrogen-bond donors (Lipinski definition) is 4. The molecule has 4 aromatic rings. The molecule has 0 bridgehead atoms. The largest absolute Gasteiger partial charge is 0.486 e. The van der Waals surface area contributed by atoms with E-state index in [1.807, 2.05) is 5.32 Å². The van der Waals surface area contributed by atoms with Crippen LogP contribution in [0.25, 0.3) is 10.9 Å². The molecule has 0 aliphatic heterocycles. The summed E-state index contributed by atoms with van der Waals surface area (Å²) in [7, 11) is 0. The fourth-order valence-electron chi connectivity index (χ4n) is 4.33. The number of benzene rings is 2. The molecule has 4 rings (SSSR count). The minimum atomic E-state index is -3.26. The van der Waals surface area contributed by atoms with Gasteiger partial charge in [-0.15, -0.1) is 0 Å². The molecule has 0 radical (unpaired) electrons. The van der Waals surface area contributed by atoms with Gasteiger partial charge in [-0.2, -0.15) is 0 Å². The normalized spacial score (nSPS) is 14.4. The number of likely N-dealkylation sites (N-methyl/N-ethyl adjacent to an activating group) is 1. The lowest BCUT2D eigenvalue weighted by Gasteiger charge is -2.16. The van der Waals surface area contributed by atoms with Crippen LogP contribution in [0.2, 0.25) is 0 Å². The highest BCUT2D eigenvalue weighted by Crippen LogP contribution is 2.29. The molecule has 2 heterocycles. The highest BCUT2D eigenvalue weighted by molar-refractivity contribution is 5.96. The summed E-state index contributed by atoms with van der Waals surface area (Å²) >= 11 is 0. The smallest absolute Gasteiger partial charge is 0.405 e. The summed E-state index contributed by atoms with van der Waals surface area (Å²) in [5.74, 6) is -4.54. The number of anilines is 1. The molecule has 45 heavy (non-hydrogen) atoms. The fraction of sp³-hybridized carbons (Fsp3) is 0.226. The van der Waals surface area contributed by atoms with Gasteiger partial charge in [0, 0.05) is 57.1 Å². The first-order valence-electron chi connectivity index (χ1n) is 16.2. The standard InChI is InChI=1S/C31H30F3N5O6/c1-38(2)27(40)8-4-3-6-24(37-31(43)44)29(41)36-25-7-5-11-39(30(25)42)16-22-13-19-12-21(33)15-26(28(19)35-22)45-17-18-9-10-20(32)14-23(18)34/h4-5,7-15,24,35,37H,3,6,16-17H2,1-2H3,(H,36,41)(H,43,44)/b8-4+/i1D3,2D3. The number of H-pyrrole nitrogens is 1. The zero-order chi connectivity index (χ0) is 37.7. The molecule has 236 valence electrons. The van der Waals surface area contributed by atoms with E-state index in [9.17, 15) is 37.5 Å². The number of rotatable bonds is 12. The Morgan fingerprint density at radius 2 is 1.93 bits per heavy atom.